The molecule has 1 saturated heterocycles. The second kappa shape index (κ2) is 6.38. The van der Waals surface area contributed by atoms with E-state index in [0.717, 1.165) is 11.5 Å². The van der Waals surface area contributed by atoms with Gasteiger partial charge in [-0.2, -0.15) is 5.10 Å². The van der Waals surface area contributed by atoms with Gasteiger partial charge in [-0.1, -0.05) is 30.0 Å². The monoisotopic (exact) mass is 277 g/mol. The Morgan fingerprint density at radius 1 is 1.42 bits per heavy atom. The van der Waals surface area contributed by atoms with Crippen molar-refractivity contribution < 1.29 is 9.53 Å². The van der Waals surface area contributed by atoms with Crippen LogP contribution >= 0.6 is 11.8 Å². The fourth-order valence-corrected chi connectivity index (χ4v) is 2.12. The van der Waals surface area contributed by atoms with E-state index in [1.807, 2.05) is 44.2 Å². The number of thioether (sulfide) groups is 1. The first kappa shape index (κ1) is 13.6. The Morgan fingerprint density at radius 2 is 2.16 bits per heavy atom. The standard InChI is InChI=1S/C13H15N3O2S/c1-9(8-18-11-6-4-3-5-7-11)15-16-13-14-12(17)10(2)19-13/h3-7,10H,8H2,1-2H3,(H,14,16,17)/b15-9+. The fraction of sp³-hybridized carbons (Fsp3) is 0.308. The molecular weight excluding hydrogens is 262 g/mol. The minimum Gasteiger partial charge on any atom is -0.488 e. The van der Waals surface area contributed by atoms with Gasteiger partial charge in [-0.05, 0) is 26.0 Å². The van der Waals surface area contributed by atoms with Crippen molar-refractivity contribution in [1.82, 2.24) is 5.32 Å². The average molecular weight is 277 g/mol. The summed E-state index contributed by atoms with van der Waals surface area (Å²) in [6.45, 7) is 4.03. The van der Waals surface area contributed by atoms with E-state index in [2.05, 4.69) is 15.5 Å². The summed E-state index contributed by atoms with van der Waals surface area (Å²) in [6.07, 6.45) is 0. The first-order chi connectivity index (χ1) is 9.15. The summed E-state index contributed by atoms with van der Waals surface area (Å²) in [7, 11) is 0. The number of amides is 1. The minimum absolute atomic E-state index is 0.0304. The largest absolute Gasteiger partial charge is 0.488 e. The van der Waals surface area contributed by atoms with E-state index >= 15 is 0 Å². The van der Waals surface area contributed by atoms with Gasteiger partial charge < -0.3 is 10.1 Å². The van der Waals surface area contributed by atoms with E-state index in [1.165, 1.54) is 11.8 Å². The molecule has 100 valence electrons. The summed E-state index contributed by atoms with van der Waals surface area (Å²) in [5.41, 5.74) is 0.741. The summed E-state index contributed by atoms with van der Waals surface area (Å²) < 4.78 is 5.53. The van der Waals surface area contributed by atoms with Crippen molar-refractivity contribution in [2.75, 3.05) is 6.61 Å². The normalized spacial score (nSPS) is 21.6. The van der Waals surface area contributed by atoms with Gasteiger partial charge in [0.25, 0.3) is 0 Å². The number of carbonyl (C=O) groups excluding carboxylic acids is 1. The van der Waals surface area contributed by atoms with E-state index in [4.69, 9.17) is 4.74 Å². The number of para-hydroxylation sites is 1. The quantitative estimate of drug-likeness (QED) is 0.676. The van der Waals surface area contributed by atoms with Gasteiger partial charge in [0.1, 0.15) is 12.4 Å². The molecule has 1 N–H and O–H groups in total. The second-order valence-corrected chi connectivity index (χ2v) is 5.42. The summed E-state index contributed by atoms with van der Waals surface area (Å²) in [5.74, 6) is 0.763. The highest BCUT2D eigenvalue weighted by Crippen LogP contribution is 2.18. The van der Waals surface area contributed by atoms with Crippen molar-refractivity contribution in [2.45, 2.75) is 19.1 Å². The lowest BCUT2D eigenvalue weighted by molar-refractivity contribution is -0.118. The van der Waals surface area contributed by atoms with Crippen LogP contribution in [-0.2, 0) is 4.79 Å². The molecule has 2 rings (SSSR count). The number of nitrogens with zero attached hydrogens (tertiary/aromatic N) is 2. The molecule has 19 heavy (non-hydrogen) atoms. The third kappa shape index (κ3) is 4.10. The van der Waals surface area contributed by atoms with Crippen LogP contribution in [-0.4, -0.2) is 28.6 Å². The number of amidine groups is 1. The summed E-state index contributed by atoms with van der Waals surface area (Å²) in [5, 5.41) is 11.1. The molecule has 1 aromatic rings. The number of nitrogens with one attached hydrogen (secondary N) is 1. The van der Waals surface area contributed by atoms with Crippen LogP contribution in [0.25, 0.3) is 0 Å². The number of benzene rings is 1. The first-order valence-electron chi connectivity index (χ1n) is 5.91. The van der Waals surface area contributed by atoms with E-state index < -0.39 is 0 Å². The first-order valence-corrected chi connectivity index (χ1v) is 6.79. The van der Waals surface area contributed by atoms with Crippen LogP contribution in [0.4, 0.5) is 0 Å². The molecule has 0 aromatic heterocycles. The highest BCUT2D eigenvalue weighted by Gasteiger charge is 2.25. The predicted molar refractivity (Wildman–Crippen MR) is 77.7 cm³/mol. The van der Waals surface area contributed by atoms with E-state index in [0.29, 0.717) is 11.8 Å². The maximum atomic E-state index is 11.3. The molecule has 1 heterocycles. The van der Waals surface area contributed by atoms with Gasteiger partial charge >= 0.3 is 0 Å². The molecule has 1 fully saturated rings. The molecule has 1 aliphatic rings. The average Bonchev–Trinajstić information content (AvgIpc) is 2.74. The van der Waals surface area contributed by atoms with Crippen LogP contribution in [0, 0.1) is 0 Å². The Bertz CT molecular complexity index is 514. The van der Waals surface area contributed by atoms with Crippen LogP contribution < -0.4 is 10.1 Å². The Morgan fingerprint density at radius 3 is 2.79 bits per heavy atom. The molecule has 0 aliphatic carbocycles. The molecule has 0 spiro atoms. The summed E-state index contributed by atoms with van der Waals surface area (Å²) in [4.78, 5) is 11.3. The molecule has 1 aliphatic heterocycles. The third-order valence-corrected chi connectivity index (χ3v) is 3.36. The van der Waals surface area contributed by atoms with Crippen LogP contribution in [0.3, 0.4) is 0 Å². The van der Waals surface area contributed by atoms with Gasteiger partial charge in [0.05, 0.1) is 11.0 Å². The molecule has 0 radical (unpaired) electrons. The Labute approximate surface area is 116 Å². The Kier molecular flexibility index (Phi) is 4.57. The number of hydrogen-bond donors (Lipinski definition) is 1. The van der Waals surface area contributed by atoms with Gasteiger partial charge in [-0.15, -0.1) is 5.10 Å². The van der Waals surface area contributed by atoms with E-state index in [9.17, 15) is 4.79 Å². The number of ether oxygens (including phenoxy) is 1. The molecule has 1 atom stereocenters. The zero-order valence-electron chi connectivity index (χ0n) is 10.8. The minimum atomic E-state index is -0.102. The van der Waals surface area contributed by atoms with Crippen LogP contribution in [0.1, 0.15) is 13.8 Å². The van der Waals surface area contributed by atoms with Gasteiger partial charge in [-0.25, -0.2) is 0 Å². The van der Waals surface area contributed by atoms with E-state index in [1.54, 1.807) is 0 Å². The lowest BCUT2D eigenvalue weighted by Gasteiger charge is -2.04. The predicted octanol–water partition coefficient (Wildman–Crippen LogP) is 2.05. The molecular formula is C13H15N3O2S. The maximum absolute atomic E-state index is 11.3. The highest BCUT2D eigenvalue weighted by atomic mass is 32.2. The van der Waals surface area contributed by atoms with Crippen molar-refractivity contribution in [2.24, 2.45) is 10.2 Å². The maximum Gasteiger partial charge on any atom is 0.239 e. The Balaban J connectivity index is 1.86. The fourth-order valence-electron chi connectivity index (χ4n) is 1.37. The molecule has 0 saturated carbocycles. The molecule has 1 unspecified atom stereocenters. The molecule has 0 bridgehead atoms. The summed E-state index contributed by atoms with van der Waals surface area (Å²) in [6, 6.07) is 9.52. The smallest absolute Gasteiger partial charge is 0.239 e. The number of rotatable bonds is 4. The number of carbonyl (C=O) groups is 1. The van der Waals surface area contributed by atoms with Crippen molar-refractivity contribution in [3.05, 3.63) is 30.3 Å². The molecule has 1 aromatic carbocycles. The SMILES string of the molecule is C/C(COc1ccccc1)=N\N=C1/NC(=O)C(C)S1. The molecule has 5 nitrogen and oxygen atoms in total. The van der Waals surface area contributed by atoms with Gasteiger partial charge in [0.2, 0.25) is 5.91 Å². The summed E-state index contributed by atoms with van der Waals surface area (Å²) >= 11 is 1.37. The Hall–Kier alpha value is -1.82. The van der Waals surface area contributed by atoms with Crippen molar-refractivity contribution in [1.29, 1.82) is 0 Å². The van der Waals surface area contributed by atoms with Crippen molar-refractivity contribution in [3.63, 3.8) is 0 Å². The molecule has 6 heteroatoms. The second-order valence-electron chi connectivity index (χ2n) is 4.09. The van der Waals surface area contributed by atoms with Gasteiger partial charge in [-0.3, -0.25) is 4.79 Å². The topological polar surface area (TPSA) is 63.1 Å². The van der Waals surface area contributed by atoms with Gasteiger partial charge in [0, 0.05) is 0 Å². The zero-order valence-corrected chi connectivity index (χ0v) is 11.6. The van der Waals surface area contributed by atoms with Crippen LogP contribution in [0.15, 0.2) is 40.5 Å². The zero-order chi connectivity index (χ0) is 13.7. The van der Waals surface area contributed by atoms with Crippen LogP contribution in [0.2, 0.25) is 0 Å². The molecule has 1 amide bonds. The lowest BCUT2D eigenvalue weighted by atomic mass is 10.3. The third-order valence-electron chi connectivity index (χ3n) is 2.39. The highest BCUT2D eigenvalue weighted by molar-refractivity contribution is 8.15. The lowest BCUT2D eigenvalue weighted by Crippen LogP contribution is -2.23. The van der Waals surface area contributed by atoms with Crippen LogP contribution in [0.5, 0.6) is 5.75 Å². The van der Waals surface area contributed by atoms with E-state index in [-0.39, 0.29) is 11.2 Å². The number of hydrogen-bond acceptors (Lipinski definition) is 5. The van der Waals surface area contributed by atoms with Crippen molar-refractivity contribution in [3.8, 4) is 5.75 Å². The van der Waals surface area contributed by atoms with Gasteiger partial charge in [0.15, 0.2) is 5.17 Å². The van der Waals surface area contributed by atoms with Crippen molar-refractivity contribution >= 4 is 28.5 Å².